The first kappa shape index (κ1) is 10.4. The molecule has 0 bridgehead atoms. The lowest BCUT2D eigenvalue weighted by molar-refractivity contribution is 1.09. The van der Waals surface area contributed by atoms with E-state index in [2.05, 4.69) is 69.1 Å². The Hall–Kier alpha value is -1.11. The smallest absolute Gasteiger partial charge is 0.222 e. The topological polar surface area (TPSA) is 53.6 Å². The third kappa shape index (κ3) is 2.28. The van der Waals surface area contributed by atoms with Crippen molar-refractivity contribution in [3.05, 3.63) is 33.2 Å². The number of rotatable bonds is 2. The normalized spacial score (nSPS) is 10.3. The van der Waals surface area contributed by atoms with Gasteiger partial charge in [0.1, 0.15) is 6.33 Å². The van der Waals surface area contributed by atoms with Gasteiger partial charge in [-0.2, -0.15) is 10.1 Å². The fourth-order valence-electron chi connectivity index (χ4n) is 1.42. The minimum Gasteiger partial charge on any atom is -0.325 e. The van der Waals surface area contributed by atoms with Crippen LogP contribution < -0.4 is 5.32 Å². The molecule has 0 aliphatic carbocycles. The molecule has 1 aromatic heterocycles. The molecule has 0 unspecified atom stereocenters. The summed E-state index contributed by atoms with van der Waals surface area (Å²) in [6.45, 7) is 4.20. The zero-order valence-electron chi connectivity index (χ0n) is 8.50. The molecule has 1 heterocycles. The van der Waals surface area contributed by atoms with E-state index in [0.29, 0.717) is 5.95 Å². The molecular weight excluding hydrogens is 303 g/mol. The van der Waals surface area contributed by atoms with Crippen LogP contribution in [0.15, 0.2) is 18.5 Å². The number of hydrogen-bond acceptors (Lipinski definition) is 3. The SMILES string of the molecule is Cc1cc(Nc2ncn[nH]2)cc(C)c1I. The number of H-pyrrole nitrogens is 1. The van der Waals surface area contributed by atoms with Crippen LogP contribution in [-0.2, 0) is 0 Å². The van der Waals surface area contributed by atoms with Crippen molar-refractivity contribution in [2.45, 2.75) is 13.8 Å². The van der Waals surface area contributed by atoms with Crippen molar-refractivity contribution >= 4 is 34.2 Å². The third-order valence-corrected chi connectivity index (χ3v) is 3.82. The van der Waals surface area contributed by atoms with Gasteiger partial charge >= 0.3 is 0 Å². The van der Waals surface area contributed by atoms with Crippen molar-refractivity contribution in [1.29, 1.82) is 0 Å². The molecule has 1 aromatic carbocycles. The molecule has 4 nitrogen and oxygen atoms in total. The predicted molar refractivity (Wildman–Crippen MR) is 68.3 cm³/mol. The lowest BCUT2D eigenvalue weighted by Crippen LogP contribution is -1.95. The molecule has 0 atom stereocenters. The van der Waals surface area contributed by atoms with Crippen LogP contribution in [-0.4, -0.2) is 15.2 Å². The van der Waals surface area contributed by atoms with E-state index >= 15 is 0 Å². The maximum Gasteiger partial charge on any atom is 0.222 e. The van der Waals surface area contributed by atoms with Crippen LogP contribution in [0.1, 0.15) is 11.1 Å². The molecule has 2 rings (SSSR count). The fraction of sp³-hybridized carbons (Fsp3) is 0.200. The largest absolute Gasteiger partial charge is 0.325 e. The van der Waals surface area contributed by atoms with E-state index in [9.17, 15) is 0 Å². The summed E-state index contributed by atoms with van der Waals surface area (Å²) < 4.78 is 1.30. The second-order valence-electron chi connectivity index (χ2n) is 3.38. The summed E-state index contributed by atoms with van der Waals surface area (Å²) in [4.78, 5) is 4.01. The van der Waals surface area contributed by atoms with Gasteiger partial charge in [-0.3, -0.25) is 0 Å². The number of nitrogens with zero attached hydrogens (tertiary/aromatic N) is 2. The van der Waals surface area contributed by atoms with Crippen molar-refractivity contribution in [1.82, 2.24) is 15.2 Å². The summed E-state index contributed by atoms with van der Waals surface area (Å²) in [5, 5.41) is 9.71. The average Bonchev–Trinajstić information content (AvgIpc) is 2.66. The second kappa shape index (κ2) is 4.18. The fourth-order valence-corrected chi connectivity index (χ4v) is 1.73. The number of aryl methyl sites for hydroxylation is 2. The van der Waals surface area contributed by atoms with Gasteiger partial charge in [-0.15, -0.1) is 0 Å². The summed E-state index contributed by atoms with van der Waals surface area (Å²) >= 11 is 2.35. The molecule has 2 aromatic rings. The maximum atomic E-state index is 4.01. The van der Waals surface area contributed by atoms with Crippen LogP contribution >= 0.6 is 22.6 Å². The Morgan fingerprint density at radius 1 is 1.27 bits per heavy atom. The number of aromatic amines is 1. The second-order valence-corrected chi connectivity index (χ2v) is 4.46. The zero-order chi connectivity index (χ0) is 10.8. The van der Waals surface area contributed by atoms with Gasteiger partial charge in [0.05, 0.1) is 0 Å². The van der Waals surface area contributed by atoms with Crippen LogP contribution in [0.5, 0.6) is 0 Å². The number of hydrogen-bond donors (Lipinski definition) is 2. The van der Waals surface area contributed by atoms with Crippen molar-refractivity contribution in [2.75, 3.05) is 5.32 Å². The first-order valence-corrected chi connectivity index (χ1v) is 5.64. The predicted octanol–water partition coefficient (Wildman–Crippen LogP) is 2.77. The molecule has 0 saturated carbocycles. The van der Waals surface area contributed by atoms with Gasteiger partial charge in [-0.25, -0.2) is 5.10 Å². The summed E-state index contributed by atoms with van der Waals surface area (Å²) in [6, 6.07) is 4.19. The molecule has 15 heavy (non-hydrogen) atoms. The summed E-state index contributed by atoms with van der Waals surface area (Å²) in [5.74, 6) is 0.662. The van der Waals surface area contributed by atoms with Crippen molar-refractivity contribution in [3.8, 4) is 0 Å². The summed E-state index contributed by atoms with van der Waals surface area (Å²) in [6.07, 6.45) is 1.48. The quantitative estimate of drug-likeness (QED) is 0.838. The van der Waals surface area contributed by atoms with Gasteiger partial charge in [-0.05, 0) is 59.7 Å². The molecule has 0 aliphatic heterocycles. The van der Waals surface area contributed by atoms with Crippen LogP contribution in [0.3, 0.4) is 0 Å². The van der Waals surface area contributed by atoms with Crippen LogP contribution in [0, 0.1) is 17.4 Å². The van der Waals surface area contributed by atoms with Gasteiger partial charge in [0.2, 0.25) is 5.95 Å². The highest BCUT2D eigenvalue weighted by atomic mass is 127. The van der Waals surface area contributed by atoms with Gasteiger partial charge < -0.3 is 5.32 Å². The Morgan fingerprint density at radius 2 is 1.93 bits per heavy atom. The monoisotopic (exact) mass is 314 g/mol. The summed E-state index contributed by atoms with van der Waals surface area (Å²) in [5.41, 5.74) is 3.55. The van der Waals surface area contributed by atoms with Gasteiger partial charge in [0.25, 0.3) is 0 Å². The van der Waals surface area contributed by atoms with E-state index in [1.165, 1.54) is 21.0 Å². The average molecular weight is 314 g/mol. The van der Waals surface area contributed by atoms with E-state index < -0.39 is 0 Å². The zero-order valence-corrected chi connectivity index (χ0v) is 10.7. The number of anilines is 2. The highest BCUT2D eigenvalue weighted by Gasteiger charge is 2.03. The molecule has 2 N–H and O–H groups in total. The van der Waals surface area contributed by atoms with E-state index in [4.69, 9.17) is 0 Å². The lowest BCUT2D eigenvalue weighted by Gasteiger charge is -2.08. The molecular formula is C10H11IN4. The number of aromatic nitrogens is 3. The van der Waals surface area contributed by atoms with E-state index in [0.717, 1.165) is 5.69 Å². The standard InChI is InChI=1S/C10H11IN4/c1-6-3-8(4-7(2)9(6)11)14-10-12-5-13-15-10/h3-5H,1-2H3,(H2,12,13,14,15). The van der Waals surface area contributed by atoms with E-state index in [1.54, 1.807) is 0 Å². The lowest BCUT2D eigenvalue weighted by atomic mass is 10.1. The van der Waals surface area contributed by atoms with Gasteiger partial charge in [0.15, 0.2) is 0 Å². The minimum absolute atomic E-state index is 0.662. The minimum atomic E-state index is 0.662. The van der Waals surface area contributed by atoms with E-state index in [1.807, 2.05) is 0 Å². The van der Waals surface area contributed by atoms with Crippen LogP contribution in [0.25, 0.3) is 0 Å². The summed E-state index contributed by atoms with van der Waals surface area (Å²) in [7, 11) is 0. The molecule has 0 aliphatic rings. The molecule has 0 saturated heterocycles. The number of halogens is 1. The van der Waals surface area contributed by atoms with Crippen molar-refractivity contribution in [3.63, 3.8) is 0 Å². The number of nitrogens with one attached hydrogen (secondary N) is 2. The molecule has 78 valence electrons. The number of benzene rings is 1. The molecule has 0 amide bonds. The van der Waals surface area contributed by atoms with Crippen LogP contribution in [0.4, 0.5) is 11.6 Å². The molecule has 0 fully saturated rings. The van der Waals surface area contributed by atoms with E-state index in [-0.39, 0.29) is 0 Å². The molecule has 0 spiro atoms. The van der Waals surface area contributed by atoms with Crippen molar-refractivity contribution < 1.29 is 0 Å². The van der Waals surface area contributed by atoms with Gasteiger partial charge in [-0.1, -0.05) is 0 Å². The molecule has 0 radical (unpaired) electrons. The Labute approximate surface area is 102 Å². The Kier molecular flexibility index (Phi) is 2.90. The Morgan fingerprint density at radius 3 is 2.47 bits per heavy atom. The Bertz CT molecular complexity index is 441. The Balaban J connectivity index is 2.30. The third-order valence-electron chi connectivity index (χ3n) is 2.11. The molecule has 5 heteroatoms. The van der Waals surface area contributed by atoms with Gasteiger partial charge in [0, 0.05) is 9.26 Å². The highest BCUT2D eigenvalue weighted by Crippen LogP contribution is 2.22. The first-order valence-electron chi connectivity index (χ1n) is 4.56. The highest BCUT2D eigenvalue weighted by molar-refractivity contribution is 14.1. The maximum absolute atomic E-state index is 4.01. The van der Waals surface area contributed by atoms with Crippen molar-refractivity contribution in [2.24, 2.45) is 0 Å². The van der Waals surface area contributed by atoms with Crippen LogP contribution in [0.2, 0.25) is 0 Å². The first-order chi connectivity index (χ1) is 7.16.